The van der Waals surface area contributed by atoms with E-state index >= 15 is 0 Å². The topological polar surface area (TPSA) is 50.4 Å². The molecule has 0 fully saturated rings. The fraction of sp³-hybridized carbons (Fsp3) is 0.211. The van der Waals surface area contributed by atoms with E-state index in [9.17, 15) is 13.6 Å². The number of carbonyl (C=O) groups is 1. The molecule has 1 amide bonds. The summed E-state index contributed by atoms with van der Waals surface area (Å²) in [4.78, 5) is 12.0. The van der Waals surface area contributed by atoms with Gasteiger partial charge in [-0.05, 0) is 36.8 Å². The van der Waals surface area contributed by atoms with E-state index in [-0.39, 0.29) is 18.2 Å². The van der Waals surface area contributed by atoms with E-state index in [4.69, 9.17) is 11.6 Å². The summed E-state index contributed by atoms with van der Waals surface area (Å²) in [6.07, 6.45) is 2.54. The van der Waals surface area contributed by atoms with Crippen LogP contribution in [0.3, 0.4) is 0 Å². The van der Waals surface area contributed by atoms with Crippen molar-refractivity contribution in [2.24, 2.45) is 0 Å². The molecule has 0 aliphatic rings. The Morgan fingerprint density at radius 1 is 1.30 bits per heavy atom. The lowest BCUT2D eigenvalue weighted by Gasteiger charge is -2.16. The molecule has 0 unspecified atom stereocenters. The summed E-state index contributed by atoms with van der Waals surface area (Å²) in [7, 11) is 0. The zero-order valence-electron chi connectivity index (χ0n) is 14.3. The smallest absolute Gasteiger partial charge is 0.387 e. The first-order valence-electron chi connectivity index (χ1n) is 8.07. The molecule has 0 atom stereocenters. The molecule has 0 heterocycles. The van der Waals surface area contributed by atoms with Gasteiger partial charge in [-0.15, -0.1) is 6.58 Å². The van der Waals surface area contributed by atoms with Gasteiger partial charge >= 0.3 is 6.61 Å². The molecule has 27 heavy (non-hydrogen) atoms. The largest absolute Gasteiger partial charge is 0.434 e. The number of ether oxygens (including phenoxy) is 1. The van der Waals surface area contributed by atoms with Crippen molar-refractivity contribution in [3.63, 3.8) is 0 Å². The van der Waals surface area contributed by atoms with Crippen LogP contribution in [0.1, 0.15) is 18.4 Å². The van der Waals surface area contributed by atoms with Crippen LogP contribution in [-0.4, -0.2) is 12.5 Å². The maximum Gasteiger partial charge on any atom is 0.387 e. The molecule has 4 nitrogen and oxygen atoms in total. The average molecular weight is 460 g/mol. The third-order valence-corrected chi connectivity index (χ3v) is 4.56. The highest BCUT2D eigenvalue weighted by Crippen LogP contribution is 2.31. The van der Waals surface area contributed by atoms with Crippen LogP contribution in [0.5, 0.6) is 5.75 Å². The zero-order chi connectivity index (χ0) is 19.8. The van der Waals surface area contributed by atoms with Gasteiger partial charge in [0.25, 0.3) is 0 Å². The van der Waals surface area contributed by atoms with Gasteiger partial charge in [0, 0.05) is 28.0 Å². The molecule has 2 N–H and O–H groups in total. The fourth-order valence-electron chi connectivity index (χ4n) is 2.32. The first-order valence-corrected chi connectivity index (χ1v) is 9.24. The fourth-order valence-corrected chi connectivity index (χ4v) is 2.98. The van der Waals surface area contributed by atoms with Gasteiger partial charge in [-0.2, -0.15) is 8.78 Å². The number of benzene rings is 2. The number of nitrogens with one attached hydrogen (secondary N) is 2. The van der Waals surface area contributed by atoms with Gasteiger partial charge in [0.1, 0.15) is 5.75 Å². The maximum atomic E-state index is 12.6. The number of hydrogen-bond acceptors (Lipinski definition) is 3. The summed E-state index contributed by atoms with van der Waals surface area (Å²) in [6, 6.07) is 9.77. The molecule has 0 radical (unpaired) electrons. The summed E-state index contributed by atoms with van der Waals surface area (Å²) in [5, 5.41) is 6.38. The number of alkyl halides is 2. The van der Waals surface area contributed by atoms with Crippen molar-refractivity contribution < 1.29 is 18.3 Å². The average Bonchev–Trinajstić information content (AvgIpc) is 2.61. The number of amides is 1. The van der Waals surface area contributed by atoms with Crippen LogP contribution >= 0.6 is 27.5 Å². The summed E-state index contributed by atoms with van der Waals surface area (Å²) in [5.41, 5.74) is 1.62. The molecule has 0 spiro atoms. The number of rotatable bonds is 9. The first-order chi connectivity index (χ1) is 12.9. The van der Waals surface area contributed by atoms with E-state index < -0.39 is 6.61 Å². The Kier molecular flexibility index (Phi) is 8.06. The van der Waals surface area contributed by atoms with Crippen molar-refractivity contribution in [1.29, 1.82) is 0 Å². The second-order valence-corrected chi connectivity index (χ2v) is 6.80. The van der Waals surface area contributed by atoms with E-state index in [1.54, 1.807) is 36.4 Å². The molecule has 0 bridgehead atoms. The van der Waals surface area contributed by atoms with Gasteiger partial charge in [-0.3, -0.25) is 4.79 Å². The van der Waals surface area contributed by atoms with Crippen molar-refractivity contribution >= 4 is 44.8 Å². The quantitative estimate of drug-likeness (QED) is 0.438. The predicted molar refractivity (Wildman–Crippen MR) is 108 cm³/mol. The van der Waals surface area contributed by atoms with E-state index in [1.165, 1.54) is 6.07 Å². The number of anilines is 2. The van der Waals surface area contributed by atoms with Crippen LogP contribution in [-0.2, 0) is 11.3 Å². The van der Waals surface area contributed by atoms with E-state index in [1.807, 2.05) is 0 Å². The van der Waals surface area contributed by atoms with Gasteiger partial charge < -0.3 is 15.4 Å². The minimum Gasteiger partial charge on any atom is -0.434 e. The summed E-state index contributed by atoms with van der Waals surface area (Å²) < 4.78 is 30.4. The molecule has 144 valence electrons. The summed E-state index contributed by atoms with van der Waals surface area (Å²) >= 11 is 9.39. The van der Waals surface area contributed by atoms with Crippen LogP contribution in [0.4, 0.5) is 20.2 Å². The number of halogens is 4. The van der Waals surface area contributed by atoms with Gasteiger partial charge in [0.2, 0.25) is 5.91 Å². The summed E-state index contributed by atoms with van der Waals surface area (Å²) in [6.45, 7) is 0.842. The van der Waals surface area contributed by atoms with Crippen molar-refractivity contribution in [3.8, 4) is 5.75 Å². The molecule has 0 aliphatic carbocycles. The van der Waals surface area contributed by atoms with Crippen LogP contribution in [0.15, 0.2) is 53.5 Å². The number of hydrogen-bond donors (Lipinski definition) is 2. The van der Waals surface area contributed by atoms with Crippen LogP contribution in [0.25, 0.3) is 0 Å². The van der Waals surface area contributed by atoms with E-state index in [0.29, 0.717) is 39.3 Å². The predicted octanol–water partition coefficient (Wildman–Crippen LogP) is 6.22. The monoisotopic (exact) mass is 458 g/mol. The highest BCUT2D eigenvalue weighted by Gasteiger charge is 2.14. The molecule has 2 rings (SSSR count). The Morgan fingerprint density at radius 2 is 2.07 bits per heavy atom. The van der Waals surface area contributed by atoms with Crippen molar-refractivity contribution in [1.82, 2.24) is 0 Å². The van der Waals surface area contributed by atoms with Crippen molar-refractivity contribution in [3.05, 3.63) is 64.1 Å². The van der Waals surface area contributed by atoms with E-state index in [2.05, 4.69) is 37.9 Å². The molecule has 0 aromatic heterocycles. The number of carbonyl (C=O) groups excluding carboxylic acids is 1. The molecule has 0 aliphatic heterocycles. The van der Waals surface area contributed by atoms with Crippen molar-refractivity contribution in [2.45, 2.75) is 26.0 Å². The Morgan fingerprint density at radius 3 is 2.78 bits per heavy atom. The van der Waals surface area contributed by atoms with Crippen LogP contribution < -0.4 is 15.4 Å². The molecule has 0 saturated carbocycles. The van der Waals surface area contributed by atoms with Gasteiger partial charge in [0.15, 0.2) is 0 Å². The minimum absolute atomic E-state index is 0.0606. The van der Waals surface area contributed by atoms with Gasteiger partial charge in [0.05, 0.1) is 11.4 Å². The standard InChI is InChI=1S/C19H18BrClF2N2O2/c1-2-3-7-18(26)25-15-9-8-12(21)10-16(15)24-11-13-14(20)5-4-6-17(13)27-19(22)23/h2,4-6,8-10,19,24H,1,3,7,11H2,(H,25,26). The lowest BCUT2D eigenvalue weighted by Crippen LogP contribution is -2.13. The minimum atomic E-state index is -2.93. The molecular formula is C19H18BrClF2N2O2. The number of allylic oxidation sites excluding steroid dienone is 1. The lowest BCUT2D eigenvalue weighted by atomic mass is 10.2. The molecule has 8 heteroatoms. The highest BCUT2D eigenvalue weighted by atomic mass is 79.9. The van der Waals surface area contributed by atoms with E-state index in [0.717, 1.165) is 0 Å². The molecule has 2 aromatic carbocycles. The van der Waals surface area contributed by atoms with Crippen LogP contribution in [0.2, 0.25) is 5.02 Å². The first kappa shape index (κ1) is 21.2. The Balaban J connectivity index is 2.19. The maximum absolute atomic E-state index is 12.6. The third kappa shape index (κ3) is 6.52. The van der Waals surface area contributed by atoms with Crippen molar-refractivity contribution in [2.75, 3.05) is 10.6 Å². The molecule has 2 aromatic rings. The third-order valence-electron chi connectivity index (χ3n) is 3.58. The second-order valence-electron chi connectivity index (χ2n) is 5.51. The lowest BCUT2D eigenvalue weighted by molar-refractivity contribution is -0.116. The Hall–Kier alpha value is -2.12. The van der Waals surface area contributed by atoms with Gasteiger partial charge in [-0.25, -0.2) is 0 Å². The highest BCUT2D eigenvalue weighted by molar-refractivity contribution is 9.10. The Labute approximate surface area is 169 Å². The summed E-state index contributed by atoms with van der Waals surface area (Å²) in [5.74, 6) is -0.103. The SMILES string of the molecule is C=CCCC(=O)Nc1ccc(Cl)cc1NCc1c(Br)cccc1OC(F)F. The molecule has 0 saturated heterocycles. The normalized spacial score (nSPS) is 10.6. The van der Waals surface area contributed by atoms with Crippen LogP contribution in [0, 0.1) is 0 Å². The second kappa shape index (κ2) is 10.3. The molecular weight excluding hydrogens is 442 g/mol. The van der Waals surface area contributed by atoms with Gasteiger partial charge in [-0.1, -0.05) is 39.7 Å². The zero-order valence-corrected chi connectivity index (χ0v) is 16.6. The Bertz CT molecular complexity index is 818.